The Bertz CT molecular complexity index is 5830. The van der Waals surface area contributed by atoms with Crippen LogP contribution in [0.15, 0.2) is 110 Å². The minimum Gasteiger partial charge on any atom is -0.495 e. The topological polar surface area (TPSA) is 336 Å². The van der Waals surface area contributed by atoms with Gasteiger partial charge in [-0.1, -0.05) is 48.0 Å². The number of anilines is 6. The highest BCUT2D eigenvalue weighted by Crippen LogP contribution is 2.49. The summed E-state index contributed by atoms with van der Waals surface area (Å²) in [6.45, 7) is 11.4. The Morgan fingerprint density at radius 3 is 1.33 bits per heavy atom. The zero-order chi connectivity index (χ0) is 94.7. The quantitative estimate of drug-likeness (QED) is 0.0306. The van der Waals surface area contributed by atoms with Crippen LogP contribution in [0.5, 0.6) is 52.1 Å². The number of likely N-dealkylation sites (N-methyl/N-ethyl adjacent to an activating group) is 2. The Balaban J connectivity index is 0.000000177. The molecule has 8 heterocycles. The number of nitrogens with zero attached hydrogens (tertiary/aromatic N) is 12. The van der Waals surface area contributed by atoms with Crippen LogP contribution in [0, 0.1) is 11.6 Å². The Morgan fingerprint density at radius 2 is 0.908 bits per heavy atom. The van der Waals surface area contributed by atoms with E-state index in [1.54, 1.807) is 64.7 Å². The molecule has 43 heteroatoms. The molecule has 0 bridgehead atoms. The number of alkyl halides is 9. The maximum Gasteiger partial charge on any atom is 0.423 e. The molecule has 5 aliphatic heterocycles. The number of nitrogens with one attached hydrogen (secondary N) is 6. The van der Waals surface area contributed by atoms with Gasteiger partial charge in [-0.05, 0) is 154 Å². The predicted molar refractivity (Wildman–Crippen MR) is 453 cm³/mol. The second-order valence-electron chi connectivity index (χ2n) is 32.2. The molecule has 0 spiro atoms. The molecule has 9 aromatic rings. The maximum atomic E-state index is 15.2. The summed E-state index contributed by atoms with van der Waals surface area (Å²) >= 11 is 6.51. The van der Waals surface area contributed by atoms with Crippen molar-refractivity contribution in [2.24, 2.45) is 0 Å². The Labute approximate surface area is 743 Å². The Morgan fingerprint density at radius 1 is 0.508 bits per heavy atom. The summed E-state index contributed by atoms with van der Waals surface area (Å²) in [4.78, 5) is 111. The van der Waals surface area contributed by atoms with Crippen molar-refractivity contribution in [3.8, 4) is 52.1 Å². The van der Waals surface area contributed by atoms with Gasteiger partial charge in [0.25, 0.3) is 35.4 Å². The summed E-state index contributed by atoms with van der Waals surface area (Å²) in [5.74, 6) is -8.37. The van der Waals surface area contributed by atoms with E-state index in [4.69, 9.17) is 44.8 Å². The number of benzene rings is 6. The molecule has 692 valence electrons. The molecule has 14 rings (SSSR count). The van der Waals surface area contributed by atoms with Gasteiger partial charge in [0.15, 0.2) is 0 Å². The molecule has 6 aromatic carbocycles. The number of aromatic nitrogens is 6. The lowest BCUT2D eigenvalue weighted by molar-refractivity contribution is -0.140. The summed E-state index contributed by atoms with van der Waals surface area (Å²) in [6.07, 6.45) is -11.1. The average molecular weight is 1840 g/mol. The Hall–Kier alpha value is -13.1. The van der Waals surface area contributed by atoms with E-state index in [-0.39, 0.29) is 139 Å². The van der Waals surface area contributed by atoms with E-state index in [1.165, 1.54) is 72.4 Å². The number of amides is 6. The van der Waals surface area contributed by atoms with Crippen molar-refractivity contribution in [1.29, 1.82) is 0 Å². The highest BCUT2D eigenvalue weighted by molar-refractivity contribution is 6.34. The van der Waals surface area contributed by atoms with Gasteiger partial charge in [0.2, 0.25) is 35.5 Å². The molecule has 6 amide bonds. The number of hydrogen-bond acceptors (Lipinski definition) is 25. The molecule has 2 atom stereocenters. The van der Waals surface area contributed by atoms with Gasteiger partial charge in [-0.2, -0.15) is 54.5 Å². The molecule has 0 saturated carbocycles. The van der Waals surface area contributed by atoms with Crippen LogP contribution >= 0.6 is 11.6 Å². The largest absolute Gasteiger partial charge is 0.495 e. The van der Waals surface area contributed by atoms with Crippen molar-refractivity contribution in [2.45, 2.75) is 101 Å². The van der Waals surface area contributed by atoms with Crippen LogP contribution < -0.4 is 60.3 Å². The number of likely N-dealkylation sites (tertiary alicyclic amines) is 2. The standard InChI is InChI=1S/C31H34ClF3N6O5.C30H32F4N6O4.C26H26F4N6O4/c1-30(2)17-8-7-9-22(25(17)28(43)41(30)4)46-27-18(31(33,34)35)14-36-29(39-27)38-21-13-19(32)16(12-23(21)44-5)26(42)37-20-10-11-40(3)15-24(20)45-6;1-29(2)18-7-6-8-22(24(18)27(42)40(29)4)44-26-19(30(32,33)34)15-35-28(38-26)37-21-14-20(31)17(13-23(21)43-5)25(41)36-16-9-11-39(3)12-10-16;1-35(2)9-8-31-22(37)15-10-20(39-4)18(11-17(15)27)33-25-32-12-16(26(28,29)30)23(34-25)40-19-7-5-6-14-13-36(3)24(38)21(14)19/h7-9,12-14,20,24H,10-11,15H2,1-6H3,(H,37,42)(H,36,38,39);6-8,13-16H,9-12H2,1-5H3,(H,36,41)(H,35,37,38);5-7,10-12H,8-9,13H2,1-4H3,(H,31,37)(H,32,33,34)/t20-,24+;;/m1../s1. The van der Waals surface area contributed by atoms with Gasteiger partial charge >= 0.3 is 18.5 Å². The van der Waals surface area contributed by atoms with Crippen LogP contribution in [0.25, 0.3) is 0 Å². The van der Waals surface area contributed by atoms with Crippen LogP contribution in [0.4, 0.5) is 83.2 Å². The highest BCUT2D eigenvalue weighted by Gasteiger charge is 2.47. The smallest absolute Gasteiger partial charge is 0.423 e. The molecule has 5 aliphatic rings. The number of rotatable bonds is 24. The molecule has 2 saturated heterocycles. The minimum atomic E-state index is -4.89. The molecule has 0 radical (unpaired) electrons. The normalized spacial score (nSPS) is 16.6. The second kappa shape index (κ2) is 38.7. The summed E-state index contributed by atoms with van der Waals surface area (Å²) in [5.41, 5.74) is -3.33. The highest BCUT2D eigenvalue weighted by atomic mass is 35.5. The first kappa shape index (κ1) is 96.0. The maximum absolute atomic E-state index is 15.2. The lowest BCUT2D eigenvalue weighted by Crippen LogP contribution is -2.53. The van der Waals surface area contributed by atoms with E-state index in [1.807, 2.05) is 60.8 Å². The number of halogens is 12. The lowest BCUT2D eigenvalue weighted by atomic mass is 9.94. The molecule has 0 unspecified atom stereocenters. The van der Waals surface area contributed by atoms with Crippen LogP contribution in [-0.2, 0) is 40.9 Å². The molecule has 3 aromatic heterocycles. The molecule has 6 N–H and O–H groups in total. The summed E-state index contributed by atoms with van der Waals surface area (Å²) in [7, 11) is 17.9. The zero-order valence-electron chi connectivity index (χ0n) is 72.9. The van der Waals surface area contributed by atoms with Gasteiger partial charge < -0.3 is 94.5 Å². The molecule has 2 fully saturated rings. The van der Waals surface area contributed by atoms with E-state index in [0.29, 0.717) is 54.8 Å². The van der Waals surface area contributed by atoms with Crippen molar-refractivity contribution in [3.05, 3.63) is 193 Å². The fourth-order valence-electron chi connectivity index (χ4n) is 14.8. The fraction of sp³-hybridized carbons (Fsp3) is 0.379. The van der Waals surface area contributed by atoms with Crippen LogP contribution in [0.3, 0.4) is 0 Å². The number of hydrogen-bond donors (Lipinski definition) is 6. The third-order valence-corrected chi connectivity index (χ3v) is 22.9. The zero-order valence-corrected chi connectivity index (χ0v) is 73.7. The number of ether oxygens (including phenoxy) is 7. The van der Waals surface area contributed by atoms with Crippen molar-refractivity contribution in [3.63, 3.8) is 0 Å². The van der Waals surface area contributed by atoms with Crippen molar-refractivity contribution < 1.29 is 110 Å². The third-order valence-electron chi connectivity index (χ3n) is 22.6. The van der Waals surface area contributed by atoms with E-state index >= 15 is 4.39 Å². The fourth-order valence-corrected chi connectivity index (χ4v) is 15.1. The molecule has 31 nitrogen and oxygen atoms in total. The lowest BCUT2D eigenvalue weighted by Gasteiger charge is -2.36. The summed E-state index contributed by atoms with van der Waals surface area (Å²) in [5, 5.41) is 16.5. The SMILES string of the molecule is COc1cc(C(=O)NC2CCN(C)CC2)c(F)cc1Nc1ncc(C(F)(F)F)c(Oc2cccc3c2C(=O)N(C)C3(C)C)n1.COc1cc(C(=O)NCCN(C)C)c(F)cc1Nc1ncc(C(F)(F)F)c(Oc2cccc3c2C(=O)N(C)C3)n1.COc1cc(C(=O)N[C@@H]2CCN(C)C[C@@H]2OC)c(Cl)cc1Nc1ncc(C(F)(F)F)c(Oc2cccc3c2C(=O)N(C)C3(C)C)n1. The van der Waals surface area contributed by atoms with Gasteiger partial charge in [-0.25, -0.2) is 23.7 Å². The van der Waals surface area contributed by atoms with E-state index < -0.39 is 111 Å². The third kappa shape index (κ3) is 20.9. The van der Waals surface area contributed by atoms with Gasteiger partial charge in [0.05, 0.1) is 100 Å². The van der Waals surface area contributed by atoms with E-state index in [2.05, 4.69) is 71.6 Å². The van der Waals surface area contributed by atoms with Crippen LogP contribution in [0.2, 0.25) is 5.02 Å². The summed E-state index contributed by atoms with van der Waals surface area (Å²) < 4.78 is 194. The van der Waals surface area contributed by atoms with Gasteiger partial charge in [0.1, 0.15) is 62.8 Å². The van der Waals surface area contributed by atoms with Crippen molar-refractivity contribution >= 4 is 82.0 Å². The molecular formula is C87H92ClF11N18O13. The number of fused-ring (bicyclic) bond motifs is 3. The number of carbonyl (C=O) groups is 6. The van der Waals surface area contributed by atoms with Crippen molar-refractivity contribution in [1.82, 2.24) is 75.3 Å². The van der Waals surface area contributed by atoms with E-state index in [0.717, 1.165) is 50.7 Å². The molecule has 0 aliphatic carbocycles. The van der Waals surface area contributed by atoms with Crippen molar-refractivity contribution in [2.75, 3.05) is 133 Å². The van der Waals surface area contributed by atoms with Crippen LogP contribution in [0.1, 0.15) is 142 Å². The van der Waals surface area contributed by atoms with Gasteiger partial charge in [-0.3, -0.25) is 28.8 Å². The first-order valence-corrected chi connectivity index (χ1v) is 40.6. The molecular weight excluding hydrogens is 1750 g/mol. The number of methoxy groups -OCH3 is 4. The van der Waals surface area contributed by atoms with Gasteiger partial charge in [-0.15, -0.1) is 0 Å². The summed E-state index contributed by atoms with van der Waals surface area (Å²) in [6, 6.07) is 20.7. The average Bonchev–Trinajstić information content (AvgIpc) is 1.59. The second-order valence-corrected chi connectivity index (χ2v) is 32.6. The predicted octanol–water partition coefficient (Wildman–Crippen LogP) is 14.8. The first-order valence-electron chi connectivity index (χ1n) is 40.2. The number of carbonyl (C=O) groups excluding carboxylic acids is 6. The molecule has 130 heavy (non-hydrogen) atoms. The monoisotopic (exact) mass is 1840 g/mol. The number of piperidine rings is 2. The van der Waals surface area contributed by atoms with Gasteiger partial charge in [0, 0.05) is 91.2 Å². The Kier molecular flexibility index (Phi) is 28.6. The van der Waals surface area contributed by atoms with E-state index in [9.17, 15) is 72.7 Å². The van der Waals surface area contributed by atoms with Crippen LogP contribution in [-0.4, -0.2) is 230 Å². The first-order chi connectivity index (χ1) is 61.2. The minimum absolute atomic E-state index is 0.0136.